The quantitative estimate of drug-likeness (QED) is 0.555. The van der Waals surface area contributed by atoms with Gasteiger partial charge < -0.3 is 10.7 Å². The Morgan fingerprint density at radius 3 is 2.95 bits per heavy atom. The topological polar surface area (TPSA) is 71.8 Å². The Balaban J connectivity index is 2.18. The van der Waals surface area contributed by atoms with Gasteiger partial charge in [-0.05, 0) is 36.8 Å². The molecule has 0 fully saturated rings. The van der Waals surface area contributed by atoms with Gasteiger partial charge in [-0.3, -0.25) is 4.79 Å². The van der Waals surface area contributed by atoms with Crippen molar-refractivity contribution >= 4 is 22.5 Å². The number of pyridine rings is 1. The molecule has 0 saturated heterocycles. The number of ketones is 1. The van der Waals surface area contributed by atoms with Gasteiger partial charge in [0.25, 0.3) is 0 Å². The predicted molar refractivity (Wildman–Crippen MR) is 75.1 cm³/mol. The Bertz CT molecular complexity index is 823. The molecule has 2 heterocycles. The Kier molecular flexibility index (Phi) is 2.75. The number of benzene rings is 1. The molecule has 0 aliphatic heterocycles. The number of nitrogen functional groups attached to an aromatic ring is 1. The van der Waals surface area contributed by atoms with E-state index in [-0.39, 0.29) is 5.56 Å². The molecule has 0 saturated carbocycles. The van der Waals surface area contributed by atoms with Gasteiger partial charge in [0.05, 0.1) is 5.56 Å². The third-order valence-corrected chi connectivity index (χ3v) is 3.22. The number of nitrogens with two attached hydrogens (primary N) is 1. The van der Waals surface area contributed by atoms with Gasteiger partial charge in [0.2, 0.25) is 0 Å². The van der Waals surface area contributed by atoms with Gasteiger partial charge in [0, 0.05) is 29.0 Å². The van der Waals surface area contributed by atoms with Crippen LogP contribution in [0.3, 0.4) is 0 Å². The lowest BCUT2D eigenvalue weighted by Crippen LogP contribution is -2.06. The van der Waals surface area contributed by atoms with E-state index in [0.29, 0.717) is 27.8 Å². The van der Waals surface area contributed by atoms with Crippen molar-refractivity contribution in [3.05, 3.63) is 59.2 Å². The molecule has 0 unspecified atom stereocenters. The van der Waals surface area contributed by atoms with Crippen molar-refractivity contribution in [2.45, 2.75) is 6.92 Å². The smallest absolute Gasteiger partial charge is 0.198 e. The van der Waals surface area contributed by atoms with E-state index in [1.165, 1.54) is 18.3 Å². The maximum atomic E-state index is 14.1. The molecule has 0 aliphatic carbocycles. The Morgan fingerprint density at radius 1 is 1.35 bits per heavy atom. The Labute approximate surface area is 114 Å². The number of nitrogens with zero attached hydrogens (tertiary/aromatic N) is 1. The van der Waals surface area contributed by atoms with Crippen LogP contribution in [0.2, 0.25) is 0 Å². The summed E-state index contributed by atoms with van der Waals surface area (Å²) in [6.45, 7) is 1.58. The Morgan fingerprint density at radius 2 is 2.15 bits per heavy atom. The molecule has 0 radical (unpaired) electrons. The molecule has 0 spiro atoms. The molecule has 4 nitrogen and oxygen atoms in total. The van der Waals surface area contributed by atoms with E-state index >= 15 is 0 Å². The molecule has 0 atom stereocenters. The summed E-state index contributed by atoms with van der Waals surface area (Å²) in [6.07, 6.45) is 3.16. The fourth-order valence-electron chi connectivity index (χ4n) is 2.25. The van der Waals surface area contributed by atoms with E-state index < -0.39 is 11.6 Å². The number of fused-ring (bicyclic) bond motifs is 1. The summed E-state index contributed by atoms with van der Waals surface area (Å²) < 4.78 is 14.1. The van der Waals surface area contributed by atoms with E-state index in [4.69, 9.17) is 5.73 Å². The summed E-state index contributed by atoms with van der Waals surface area (Å²) in [6, 6.07) is 6.36. The third kappa shape index (κ3) is 1.84. The molecule has 0 aliphatic rings. The normalized spacial score (nSPS) is 10.9. The minimum atomic E-state index is -0.539. The van der Waals surface area contributed by atoms with E-state index in [1.807, 2.05) is 0 Å². The van der Waals surface area contributed by atoms with E-state index in [9.17, 15) is 9.18 Å². The molecule has 100 valence electrons. The number of aromatic nitrogens is 2. The summed E-state index contributed by atoms with van der Waals surface area (Å²) in [5.41, 5.74) is 7.37. The average Bonchev–Trinajstić information content (AvgIpc) is 2.86. The number of aryl methyl sites for hydroxylation is 1. The van der Waals surface area contributed by atoms with Crippen molar-refractivity contribution in [3.63, 3.8) is 0 Å². The minimum Gasteiger partial charge on any atom is -0.399 e. The second-order valence-electron chi connectivity index (χ2n) is 4.63. The first-order valence-electron chi connectivity index (χ1n) is 6.10. The van der Waals surface area contributed by atoms with Crippen molar-refractivity contribution in [2.24, 2.45) is 0 Å². The fraction of sp³-hybridized carbons (Fsp3) is 0.0667. The molecule has 3 aromatic rings. The average molecular weight is 269 g/mol. The molecule has 0 amide bonds. The maximum Gasteiger partial charge on any atom is 0.198 e. The van der Waals surface area contributed by atoms with Gasteiger partial charge in [0.15, 0.2) is 5.78 Å². The lowest BCUT2D eigenvalue weighted by molar-refractivity contribution is 0.103. The van der Waals surface area contributed by atoms with Crippen LogP contribution >= 0.6 is 0 Å². The van der Waals surface area contributed by atoms with Crippen LogP contribution in [-0.2, 0) is 0 Å². The standard InChI is InChI=1S/C15H12FN3O/c1-8-5-9(17)6-11(13(8)16)14(20)12-7-19-15-10(12)3-2-4-18-15/h2-7H,17H2,1H3,(H,18,19). The van der Waals surface area contributed by atoms with Crippen LogP contribution in [0.4, 0.5) is 10.1 Å². The maximum absolute atomic E-state index is 14.1. The van der Waals surface area contributed by atoms with Gasteiger partial charge in [-0.1, -0.05) is 0 Å². The van der Waals surface area contributed by atoms with E-state index in [1.54, 1.807) is 25.3 Å². The number of carbonyl (C=O) groups excluding carboxylic acids is 1. The third-order valence-electron chi connectivity index (χ3n) is 3.22. The molecule has 20 heavy (non-hydrogen) atoms. The molecule has 2 aromatic heterocycles. The molecular weight excluding hydrogens is 257 g/mol. The molecular formula is C15H12FN3O. The zero-order valence-corrected chi connectivity index (χ0v) is 10.8. The predicted octanol–water partition coefficient (Wildman–Crippen LogP) is 2.82. The number of nitrogens with one attached hydrogen (secondary N) is 1. The minimum absolute atomic E-state index is 0.0211. The molecule has 1 aromatic carbocycles. The number of halogens is 1. The van der Waals surface area contributed by atoms with Crippen LogP contribution in [-0.4, -0.2) is 15.8 Å². The van der Waals surface area contributed by atoms with Gasteiger partial charge in [0.1, 0.15) is 11.5 Å². The zero-order valence-electron chi connectivity index (χ0n) is 10.8. The highest BCUT2D eigenvalue weighted by atomic mass is 19.1. The number of carbonyl (C=O) groups is 1. The van der Waals surface area contributed by atoms with Crippen LogP contribution in [0.25, 0.3) is 11.0 Å². The summed E-state index contributed by atoms with van der Waals surface area (Å²) in [5.74, 6) is -0.945. The lowest BCUT2D eigenvalue weighted by atomic mass is 10.00. The number of hydrogen-bond acceptors (Lipinski definition) is 3. The lowest BCUT2D eigenvalue weighted by Gasteiger charge is -2.06. The van der Waals surface area contributed by atoms with Crippen molar-refractivity contribution < 1.29 is 9.18 Å². The molecule has 3 rings (SSSR count). The molecule has 0 bridgehead atoms. The van der Waals surface area contributed by atoms with E-state index in [0.717, 1.165) is 0 Å². The number of H-pyrrole nitrogens is 1. The van der Waals surface area contributed by atoms with Crippen molar-refractivity contribution in [3.8, 4) is 0 Å². The van der Waals surface area contributed by atoms with Gasteiger partial charge in [-0.2, -0.15) is 0 Å². The first kappa shape index (κ1) is 12.3. The van der Waals surface area contributed by atoms with Gasteiger partial charge >= 0.3 is 0 Å². The number of aromatic amines is 1. The van der Waals surface area contributed by atoms with Crippen molar-refractivity contribution in [2.75, 3.05) is 5.73 Å². The second-order valence-corrected chi connectivity index (χ2v) is 4.63. The zero-order chi connectivity index (χ0) is 14.3. The van der Waals surface area contributed by atoms with Gasteiger partial charge in [-0.25, -0.2) is 9.37 Å². The van der Waals surface area contributed by atoms with Crippen LogP contribution in [0.15, 0.2) is 36.7 Å². The number of hydrogen-bond donors (Lipinski definition) is 2. The van der Waals surface area contributed by atoms with Crippen molar-refractivity contribution in [1.29, 1.82) is 0 Å². The Hall–Kier alpha value is -2.69. The monoisotopic (exact) mass is 269 g/mol. The summed E-state index contributed by atoms with van der Waals surface area (Å²) in [5, 5.41) is 0.664. The van der Waals surface area contributed by atoms with Crippen LogP contribution in [0, 0.1) is 12.7 Å². The largest absolute Gasteiger partial charge is 0.399 e. The van der Waals surface area contributed by atoms with Crippen LogP contribution in [0.5, 0.6) is 0 Å². The number of anilines is 1. The fourth-order valence-corrected chi connectivity index (χ4v) is 2.25. The van der Waals surface area contributed by atoms with Gasteiger partial charge in [-0.15, -0.1) is 0 Å². The van der Waals surface area contributed by atoms with Crippen LogP contribution in [0.1, 0.15) is 21.5 Å². The summed E-state index contributed by atoms with van der Waals surface area (Å²) in [7, 11) is 0. The second kappa shape index (κ2) is 4.45. The summed E-state index contributed by atoms with van der Waals surface area (Å²) >= 11 is 0. The number of rotatable bonds is 2. The molecule has 3 N–H and O–H groups in total. The SMILES string of the molecule is Cc1cc(N)cc(C(=O)c2c[nH]c3ncccc23)c1F. The first-order chi connectivity index (χ1) is 9.58. The summed E-state index contributed by atoms with van der Waals surface area (Å²) in [4.78, 5) is 19.5. The van der Waals surface area contributed by atoms with Crippen LogP contribution < -0.4 is 5.73 Å². The van der Waals surface area contributed by atoms with E-state index in [2.05, 4.69) is 9.97 Å². The highest BCUT2D eigenvalue weighted by molar-refractivity contribution is 6.16. The highest BCUT2D eigenvalue weighted by Crippen LogP contribution is 2.24. The van der Waals surface area contributed by atoms with Crippen molar-refractivity contribution in [1.82, 2.24) is 9.97 Å². The highest BCUT2D eigenvalue weighted by Gasteiger charge is 2.19. The first-order valence-corrected chi connectivity index (χ1v) is 6.10. The molecule has 5 heteroatoms.